The third kappa shape index (κ3) is 23.6. The first-order chi connectivity index (χ1) is 12.4. The van der Waals surface area contributed by atoms with Gasteiger partial charge >= 0.3 is 0 Å². The highest BCUT2D eigenvalue weighted by Gasteiger charge is 1.93. The lowest BCUT2D eigenvalue weighted by Gasteiger charge is -2.04. The fourth-order valence-electron chi connectivity index (χ4n) is 2.83. The lowest BCUT2D eigenvalue weighted by Crippen LogP contribution is -2.06. The van der Waals surface area contributed by atoms with Crippen molar-refractivity contribution in [1.82, 2.24) is 0 Å². The van der Waals surface area contributed by atoms with Crippen molar-refractivity contribution in [2.75, 3.05) is 33.1 Å². The van der Waals surface area contributed by atoms with Crippen molar-refractivity contribution in [3.63, 3.8) is 0 Å². The molecule has 0 aromatic heterocycles. The molecule has 0 N–H and O–H groups in total. The van der Waals surface area contributed by atoms with Crippen molar-refractivity contribution in [2.24, 2.45) is 0 Å². The number of ether oxygens (including phenoxy) is 2. The van der Waals surface area contributed by atoms with E-state index < -0.39 is 6.67 Å². The Hall–Kier alpha value is -0.410. The van der Waals surface area contributed by atoms with Gasteiger partial charge in [0, 0.05) is 6.61 Å². The van der Waals surface area contributed by atoms with Gasteiger partial charge in [0.05, 0.1) is 19.8 Å². The second kappa shape index (κ2) is 23.6. The van der Waals surface area contributed by atoms with E-state index in [2.05, 4.69) is 19.1 Å². The summed E-state index contributed by atoms with van der Waals surface area (Å²) in [4.78, 5) is 0. The van der Waals surface area contributed by atoms with Crippen LogP contribution in [0, 0.1) is 0 Å². The van der Waals surface area contributed by atoms with Crippen LogP contribution < -0.4 is 0 Å². The number of alkyl halides is 1. The number of halogens is 1. The van der Waals surface area contributed by atoms with E-state index in [-0.39, 0.29) is 6.61 Å². The van der Waals surface area contributed by atoms with Crippen LogP contribution in [0.4, 0.5) is 4.39 Å². The van der Waals surface area contributed by atoms with Crippen molar-refractivity contribution in [2.45, 2.75) is 96.8 Å². The summed E-state index contributed by atoms with van der Waals surface area (Å²) in [5.74, 6) is 0. The van der Waals surface area contributed by atoms with E-state index in [0.29, 0.717) is 13.2 Å². The fourth-order valence-corrected chi connectivity index (χ4v) is 2.83. The van der Waals surface area contributed by atoms with Gasteiger partial charge in [0.25, 0.3) is 0 Å². The summed E-state index contributed by atoms with van der Waals surface area (Å²) in [5, 5.41) is 0. The summed E-state index contributed by atoms with van der Waals surface area (Å²) in [5.41, 5.74) is 0. The van der Waals surface area contributed by atoms with Gasteiger partial charge in [0.2, 0.25) is 0 Å². The lowest BCUT2D eigenvalue weighted by molar-refractivity contribution is 0.0415. The molecule has 2 nitrogen and oxygen atoms in total. The molecule has 0 aliphatic heterocycles. The monoisotopic (exact) mass is 358 g/mol. The van der Waals surface area contributed by atoms with E-state index in [1.54, 1.807) is 0 Å². The van der Waals surface area contributed by atoms with Crippen molar-refractivity contribution in [3.8, 4) is 0 Å². The Morgan fingerprint density at radius 1 is 0.560 bits per heavy atom. The zero-order valence-electron chi connectivity index (χ0n) is 16.8. The molecule has 0 saturated heterocycles. The normalized spacial score (nSPS) is 11.6. The molecule has 0 radical (unpaired) electrons. The summed E-state index contributed by atoms with van der Waals surface area (Å²) in [7, 11) is 0. The maximum absolute atomic E-state index is 11.8. The Labute approximate surface area is 156 Å². The van der Waals surface area contributed by atoms with Gasteiger partial charge in [-0.15, -0.1) is 0 Å². The highest BCUT2D eigenvalue weighted by atomic mass is 19.1. The molecule has 0 saturated carbocycles. The predicted octanol–water partition coefficient (Wildman–Crippen LogP) is 7.03. The molecule has 0 rings (SSSR count). The zero-order chi connectivity index (χ0) is 18.3. The standard InChI is InChI=1S/C22H43FO2/c1-2-3-4-5-6-7-8-9-10-11-12-13-14-15-16-17-19-24-21-22-25-20-18-23/h9-10H,2-8,11-22H2,1H3/b10-9-. The molecule has 0 fully saturated rings. The molecule has 0 aromatic rings. The quantitative estimate of drug-likeness (QED) is 0.162. The van der Waals surface area contributed by atoms with Crippen LogP contribution in [0.2, 0.25) is 0 Å². The van der Waals surface area contributed by atoms with Crippen LogP contribution in [-0.2, 0) is 9.47 Å². The zero-order valence-corrected chi connectivity index (χ0v) is 16.8. The van der Waals surface area contributed by atoms with E-state index in [1.807, 2.05) is 0 Å². The third-order valence-corrected chi connectivity index (χ3v) is 4.39. The Bertz CT molecular complexity index is 256. The maximum atomic E-state index is 11.8. The highest BCUT2D eigenvalue weighted by Crippen LogP contribution is 2.09. The molecule has 0 aliphatic carbocycles. The van der Waals surface area contributed by atoms with Gasteiger partial charge < -0.3 is 9.47 Å². The first kappa shape index (κ1) is 24.6. The minimum absolute atomic E-state index is 0.192. The first-order valence-electron chi connectivity index (χ1n) is 10.8. The molecular formula is C22H43FO2. The van der Waals surface area contributed by atoms with E-state index in [1.165, 1.54) is 83.5 Å². The van der Waals surface area contributed by atoms with Crippen molar-refractivity contribution >= 4 is 0 Å². The number of hydrogen-bond donors (Lipinski definition) is 0. The van der Waals surface area contributed by atoms with E-state index >= 15 is 0 Å². The topological polar surface area (TPSA) is 18.5 Å². The number of rotatable bonds is 21. The van der Waals surface area contributed by atoms with E-state index in [4.69, 9.17) is 9.47 Å². The summed E-state index contributed by atoms with van der Waals surface area (Å²) >= 11 is 0. The van der Waals surface area contributed by atoms with Crippen molar-refractivity contribution < 1.29 is 13.9 Å². The largest absolute Gasteiger partial charge is 0.379 e. The van der Waals surface area contributed by atoms with E-state index in [9.17, 15) is 4.39 Å². The summed E-state index contributed by atoms with van der Waals surface area (Å²) < 4.78 is 22.2. The smallest absolute Gasteiger partial charge is 0.113 e. The van der Waals surface area contributed by atoms with Gasteiger partial charge in [-0.05, 0) is 32.1 Å². The molecule has 0 aliphatic rings. The Kier molecular flexibility index (Phi) is 23.2. The molecule has 0 bridgehead atoms. The molecule has 0 atom stereocenters. The van der Waals surface area contributed by atoms with Crippen LogP contribution in [0.3, 0.4) is 0 Å². The Balaban J connectivity index is 3.03. The summed E-state index contributed by atoms with van der Waals surface area (Å²) in [6.07, 6.45) is 23.3. The average Bonchev–Trinajstić information content (AvgIpc) is 2.63. The predicted molar refractivity (Wildman–Crippen MR) is 107 cm³/mol. The number of unbranched alkanes of at least 4 members (excludes halogenated alkanes) is 12. The van der Waals surface area contributed by atoms with Crippen LogP contribution in [0.1, 0.15) is 96.8 Å². The Morgan fingerprint density at radius 2 is 1.04 bits per heavy atom. The fraction of sp³-hybridized carbons (Fsp3) is 0.909. The van der Waals surface area contributed by atoms with Gasteiger partial charge in [-0.2, -0.15) is 0 Å². The Morgan fingerprint density at radius 3 is 1.60 bits per heavy atom. The number of allylic oxidation sites excluding steroid dienone is 2. The lowest BCUT2D eigenvalue weighted by atomic mass is 10.1. The van der Waals surface area contributed by atoms with Gasteiger partial charge in [-0.3, -0.25) is 0 Å². The first-order valence-corrected chi connectivity index (χ1v) is 10.8. The minimum Gasteiger partial charge on any atom is -0.379 e. The van der Waals surface area contributed by atoms with Gasteiger partial charge in [-0.1, -0.05) is 76.9 Å². The van der Waals surface area contributed by atoms with Crippen LogP contribution in [0.25, 0.3) is 0 Å². The summed E-state index contributed by atoms with van der Waals surface area (Å²) in [6, 6.07) is 0. The van der Waals surface area contributed by atoms with Crippen LogP contribution in [0.5, 0.6) is 0 Å². The molecule has 0 spiro atoms. The van der Waals surface area contributed by atoms with Gasteiger partial charge in [-0.25, -0.2) is 4.39 Å². The van der Waals surface area contributed by atoms with Gasteiger partial charge in [0.15, 0.2) is 0 Å². The number of hydrogen-bond acceptors (Lipinski definition) is 2. The van der Waals surface area contributed by atoms with Crippen LogP contribution >= 0.6 is 0 Å². The SMILES string of the molecule is CCCCCCCC/C=C\CCCCCCCCOCCOCCF. The second-order valence-electron chi connectivity index (χ2n) is 6.85. The average molecular weight is 359 g/mol. The van der Waals surface area contributed by atoms with Crippen LogP contribution in [-0.4, -0.2) is 33.1 Å². The maximum Gasteiger partial charge on any atom is 0.113 e. The molecule has 0 amide bonds. The highest BCUT2D eigenvalue weighted by molar-refractivity contribution is 4.81. The molecule has 0 unspecified atom stereocenters. The van der Waals surface area contributed by atoms with Gasteiger partial charge in [0.1, 0.15) is 6.67 Å². The molecule has 0 aromatic carbocycles. The molecular weight excluding hydrogens is 315 g/mol. The van der Waals surface area contributed by atoms with E-state index in [0.717, 1.165) is 13.0 Å². The summed E-state index contributed by atoms with van der Waals surface area (Å²) in [6.45, 7) is 3.96. The minimum atomic E-state index is -0.408. The molecule has 3 heteroatoms. The molecule has 25 heavy (non-hydrogen) atoms. The second-order valence-corrected chi connectivity index (χ2v) is 6.85. The molecule has 0 heterocycles. The van der Waals surface area contributed by atoms with Crippen molar-refractivity contribution in [1.29, 1.82) is 0 Å². The van der Waals surface area contributed by atoms with Crippen LogP contribution in [0.15, 0.2) is 12.2 Å². The third-order valence-electron chi connectivity index (χ3n) is 4.39. The molecule has 150 valence electrons. The van der Waals surface area contributed by atoms with Crippen molar-refractivity contribution in [3.05, 3.63) is 12.2 Å².